The normalized spacial score (nSPS) is 10.6. The molecular weight excluding hydrogens is 396 g/mol. The van der Waals surface area contributed by atoms with Crippen molar-refractivity contribution in [3.05, 3.63) is 94.9 Å². The van der Waals surface area contributed by atoms with Crippen molar-refractivity contribution in [1.29, 1.82) is 0 Å². The zero-order valence-electron chi connectivity index (χ0n) is 16.1. The number of carboxylic acids is 1. The van der Waals surface area contributed by atoms with Crippen LogP contribution in [-0.4, -0.2) is 16.9 Å². The molecule has 0 aliphatic heterocycles. The van der Waals surface area contributed by atoms with Crippen LogP contribution in [0.25, 0.3) is 22.4 Å². The van der Waals surface area contributed by atoms with Gasteiger partial charge in [-0.1, -0.05) is 72.8 Å². The Bertz CT molecular complexity index is 1210. The molecule has 0 radical (unpaired) electrons. The second kappa shape index (κ2) is 8.31. The summed E-state index contributed by atoms with van der Waals surface area (Å²) in [5.41, 5.74) is 3.86. The van der Waals surface area contributed by atoms with Gasteiger partial charge in [0.25, 0.3) is 5.91 Å². The Kier molecular flexibility index (Phi) is 5.41. The molecule has 0 saturated heterocycles. The number of carboxylic acid groups (broad SMARTS) is 1. The molecule has 4 rings (SSSR count). The van der Waals surface area contributed by atoms with Crippen LogP contribution in [0, 0.1) is 6.92 Å². The van der Waals surface area contributed by atoms with Crippen LogP contribution in [0.5, 0.6) is 0 Å². The Morgan fingerprint density at radius 3 is 2.03 bits per heavy atom. The third-order valence-electron chi connectivity index (χ3n) is 4.67. The van der Waals surface area contributed by atoms with Crippen LogP contribution >= 0.6 is 11.3 Å². The fraction of sp³-hybridized carbons (Fsp3) is 0.0417. The molecule has 0 bridgehead atoms. The van der Waals surface area contributed by atoms with E-state index in [4.69, 9.17) is 0 Å². The Morgan fingerprint density at radius 1 is 0.800 bits per heavy atom. The summed E-state index contributed by atoms with van der Waals surface area (Å²) in [6.07, 6.45) is 0. The zero-order chi connectivity index (χ0) is 21.1. The number of amides is 1. The fourth-order valence-electron chi connectivity index (χ4n) is 3.19. The number of aromatic carboxylic acids is 1. The highest BCUT2D eigenvalue weighted by molar-refractivity contribution is 7.16. The molecule has 0 unspecified atom stereocenters. The summed E-state index contributed by atoms with van der Waals surface area (Å²) < 4.78 is 0. The summed E-state index contributed by atoms with van der Waals surface area (Å²) in [6.45, 7) is 1.93. The van der Waals surface area contributed by atoms with Crippen LogP contribution in [0.2, 0.25) is 0 Å². The van der Waals surface area contributed by atoms with Crippen molar-refractivity contribution >= 4 is 28.3 Å². The maximum atomic E-state index is 12.6. The van der Waals surface area contributed by atoms with Gasteiger partial charge in [0.05, 0.1) is 11.7 Å². The van der Waals surface area contributed by atoms with E-state index < -0.39 is 11.9 Å². The summed E-state index contributed by atoms with van der Waals surface area (Å²) in [5.74, 6) is -1.93. The van der Waals surface area contributed by atoms with Crippen molar-refractivity contribution in [2.24, 2.45) is 0 Å². The Morgan fingerprint density at radius 2 is 1.37 bits per heavy atom. The molecule has 5 nitrogen and oxygen atoms in total. The van der Waals surface area contributed by atoms with Crippen LogP contribution < -0.4 is 10.4 Å². The maximum absolute atomic E-state index is 12.6. The number of carbonyl (C=O) groups excluding carboxylic acids is 2. The highest BCUT2D eigenvalue weighted by atomic mass is 32.1. The van der Waals surface area contributed by atoms with Gasteiger partial charge in [0, 0.05) is 21.6 Å². The number of thiazole rings is 1. The fourth-order valence-corrected chi connectivity index (χ4v) is 4.02. The first-order valence-electron chi connectivity index (χ1n) is 9.28. The molecule has 1 amide bonds. The lowest BCUT2D eigenvalue weighted by molar-refractivity contribution is -0.255. The average molecular weight is 413 g/mol. The molecule has 1 heterocycles. The lowest BCUT2D eigenvalue weighted by atomic mass is 10.0. The molecule has 148 valence electrons. The number of hydrogen-bond acceptors (Lipinski definition) is 5. The molecule has 0 saturated carbocycles. The summed E-state index contributed by atoms with van der Waals surface area (Å²) in [5, 5.41) is 14.4. The second-order valence-electron chi connectivity index (χ2n) is 6.65. The first-order chi connectivity index (χ1) is 14.5. The van der Waals surface area contributed by atoms with Crippen LogP contribution in [-0.2, 0) is 0 Å². The second-order valence-corrected chi connectivity index (χ2v) is 7.86. The van der Waals surface area contributed by atoms with E-state index in [9.17, 15) is 14.7 Å². The highest BCUT2D eigenvalue weighted by Crippen LogP contribution is 2.32. The molecule has 3 aromatic carbocycles. The van der Waals surface area contributed by atoms with E-state index in [1.807, 2.05) is 49.4 Å². The van der Waals surface area contributed by atoms with Crippen molar-refractivity contribution in [2.75, 3.05) is 5.32 Å². The van der Waals surface area contributed by atoms with E-state index in [1.54, 1.807) is 12.1 Å². The molecular formula is C24H17N2O3S-. The number of anilines is 1. The number of hydrogen-bond donors (Lipinski definition) is 1. The van der Waals surface area contributed by atoms with Gasteiger partial charge in [0.15, 0.2) is 5.13 Å². The first kappa shape index (κ1) is 19.5. The Hall–Kier alpha value is -3.77. The standard InChI is InChI=1S/C24H18N2O3S/c1-15-21(18-13-11-17(12-14-18)16-7-3-2-4-8-16)25-24(30-15)26-22(27)19-9-5-6-10-20(19)23(28)29/h2-14H,1H3,(H,28,29)(H,25,26,27)/p-1. The van der Waals surface area contributed by atoms with Crippen molar-refractivity contribution in [3.8, 4) is 22.4 Å². The van der Waals surface area contributed by atoms with Gasteiger partial charge in [0.2, 0.25) is 0 Å². The van der Waals surface area contributed by atoms with Crippen LogP contribution in [0.15, 0.2) is 78.9 Å². The van der Waals surface area contributed by atoms with E-state index in [-0.39, 0.29) is 11.1 Å². The van der Waals surface area contributed by atoms with Gasteiger partial charge >= 0.3 is 0 Å². The minimum atomic E-state index is -1.39. The lowest BCUT2D eigenvalue weighted by Gasteiger charge is -2.09. The van der Waals surface area contributed by atoms with Crippen LogP contribution in [0.4, 0.5) is 5.13 Å². The first-order valence-corrected chi connectivity index (χ1v) is 10.1. The molecule has 6 heteroatoms. The van der Waals surface area contributed by atoms with Crippen molar-refractivity contribution < 1.29 is 14.7 Å². The number of nitrogens with zero attached hydrogens (tertiary/aromatic N) is 1. The van der Waals surface area contributed by atoms with Gasteiger partial charge in [-0.2, -0.15) is 0 Å². The molecule has 0 fully saturated rings. The van der Waals surface area contributed by atoms with Crippen LogP contribution in [0.1, 0.15) is 25.6 Å². The third-order valence-corrected chi connectivity index (χ3v) is 5.56. The van der Waals surface area contributed by atoms with Crippen molar-refractivity contribution in [2.45, 2.75) is 6.92 Å². The number of aryl methyl sites for hydroxylation is 1. The van der Waals surface area contributed by atoms with E-state index in [2.05, 4.69) is 22.4 Å². The van der Waals surface area contributed by atoms with Crippen LogP contribution in [0.3, 0.4) is 0 Å². The van der Waals surface area contributed by atoms with E-state index in [0.29, 0.717) is 5.13 Å². The molecule has 30 heavy (non-hydrogen) atoms. The van der Waals surface area contributed by atoms with Crippen molar-refractivity contribution in [1.82, 2.24) is 4.98 Å². The summed E-state index contributed by atoms with van der Waals surface area (Å²) in [7, 11) is 0. The quantitative estimate of drug-likeness (QED) is 0.526. The van der Waals surface area contributed by atoms with E-state index in [0.717, 1.165) is 27.3 Å². The van der Waals surface area contributed by atoms with Gasteiger partial charge < -0.3 is 9.90 Å². The zero-order valence-corrected chi connectivity index (χ0v) is 16.9. The number of carbonyl (C=O) groups is 2. The summed E-state index contributed by atoms with van der Waals surface area (Å²) >= 11 is 1.34. The molecule has 1 N–H and O–H groups in total. The van der Waals surface area contributed by atoms with Gasteiger partial charge in [0.1, 0.15) is 0 Å². The minimum Gasteiger partial charge on any atom is -0.545 e. The SMILES string of the molecule is Cc1sc(NC(=O)c2ccccc2C(=O)[O-])nc1-c1ccc(-c2ccccc2)cc1. The Balaban J connectivity index is 1.57. The number of benzene rings is 3. The third kappa shape index (κ3) is 3.99. The largest absolute Gasteiger partial charge is 0.545 e. The van der Waals surface area contributed by atoms with E-state index >= 15 is 0 Å². The number of aromatic nitrogens is 1. The smallest absolute Gasteiger partial charge is 0.258 e. The Labute approximate surface area is 177 Å². The van der Waals surface area contributed by atoms with Gasteiger partial charge in [-0.3, -0.25) is 10.1 Å². The number of nitrogens with one attached hydrogen (secondary N) is 1. The maximum Gasteiger partial charge on any atom is 0.258 e. The lowest BCUT2D eigenvalue weighted by Crippen LogP contribution is -2.26. The topological polar surface area (TPSA) is 82.1 Å². The highest BCUT2D eigenvalue weighted by Gasteiger charge is 2.16. The predicted molar refractivity (Wildman–Crippen MR) is 116 cm³/mol. The van der Waals surface area contributed by atoms with E-state index in [1.165, 1.54) is 23.5 Å². The molecule has 0 atom stereocenters. The monoisotopic (exact) mass is 413 g/mol. The molecule has 0 aliphatic rings. The number of rotatable bonds is 5. The molecule has 1 aromatic heterocycles. The molecule has 4 aromatic rings. The predicted octanol–water partition coefficient (Wildman–Crippen LogP) is 4.40. The summed E-state index contributed by atoms with van der Waals surface area (Å²) in [4.78, 5) is 29.3. The van der Waals surface area contributed by atoms with Gasteiger partial charge in [-0.05, 0) is 24.1 Å². The average Bonchev–Trinajstić information content (AvgIpc) is 3.14. The van der Waals surface area contributed by atoms with Gasteiger partial charge in [-0.15, -0.1) is 11.3 Å². The summed E-state index contributed by atoms with van der Waals surface area (Å²) in [6, 6.07) is 24.1. The minimum absolute atomic E-state index is 0.0408. The van der Waals surface area contributed by atoms with Gasteiger partial charge in [-0.25, -0.2) is 4.98 Å². The van der Waals surface area contributed by atoms with Crippen molar-refractivity contribution in [3.63, 3.8) is 0 Å². The molecule has 0 spiro atoms. The molecule has 0 aliphatic carbocycles.